The summed E-state index contributed by atoms with van der Waals surface area (Å²) in [6, 6.07) is 0. The third-order valence-electron chi connectivity index (χ3n) is 3.28. The Morgan fingerprint density at radius 2 is 2.00 bits per heavy atom. The summed E-state index contributed by atoms with van der Waals surface area (Å²) in [5.74, 6) is 0.0321. The lowest BCUT2D eigenvalue weighted by Gasteiger charge is -2.14. The van der Waals surface area contributed by atoms with E-state index in [4.69, 9.17) is 0 Å². The Hall–Kier alpha value is -1.32. The monoisotopic (exact) mass is 222 g/mol. The van der Waals surface area contributed by atoms with Gasteiger partial charge in [0.25, 0.3) is 0 Å². The topological polar surface area (TPSA) is 49.4 Å². The van der Waals surface area contributed by atoms with Crippen molar-refractivity contribution in [1.29, 1.82) is 0 Å². The lowest BCUT2D eigenvalue weighted by Crippen LogP contribution is -2.32. The molecule has 2 aliphatic rings. The molecular weight excluding hydrogens is 204 g/mol. The van der Waals surface area contributed by atoms with Crippen LogP contribution in [-0.2, 0) is 9.59 Å². The predicted molar refractivity (Wildman–Crippen MR) is 60.6 cm³/mol. The fourth-order valence-corrected chi connectivity index (χ4v) is 2.23. The Labute approximate surface area is 95.7 Å². The molecule has 2 atom stereocenters. The summed E-state index contributed by atoms with van der Waals surface area (Å²) in [4.78, 5) is 25.4. The van der Waals surface area contributed by atoms with Crippen LogP contribution in [0.25, 0.3) is 0 Å². The molecule has 1 aliphatic heterocycles. The maximum absolute atomic E-state index is 11.9. The molecule has 1 saturated heterocycles. The van der Waals surface area contributed by atoms with Crippen molar-refractivity contribution in [3.8, 4) is 0 Å². The van der Waals surface area contributed by atoms with Crippen molar-refractivity contribution < 1.29 is 9.59 Å². The first-order chi connectivity index (χ1) is 7.74. The highest BCUT2D eigenvalue weighted by atomic mass is 16.2. The average molecular weight is 222 g/mol. The average Bonchev–Trinajstić information content (AvgIpc) is 2.91. The number of nitrogens with zero attached hydrogens (tertiary/aromatic N) is 1. The van der Waals surface area contributed by atoms with Gasteiger partial charge < -0.3 is 10.2 Å². The van der Waals surface area contributed by atoms with Crippen LogP contribution in [0.2, 0.25) is 0 Å². The predicted octanol–water partition coefficient (Wildman–Crippen LogP) is 0.547. The molecule has 1 heterocycles. The van der Waals surface area contributed by atoms with Crippen molar-refractivity contribution in [1.82, 2.24) is 10.2 Å². The van der Waals surface area contributed by atoms with E-state index in [0.717, 1.165) is 32.4 Å². The smallest absolute Gasteiger partial charge is 0.226 e. The van der Waals surface area contributed by atoms with E-state index < -0.39 is 0 Å². The zero-order chi connectivity index (χ0) is 11.5. The first-order valence-electron chi connectivity index (χ1n) is 5.91. The van der Waals surface area contributed by atoms with E-state index in [-0.39, 0.29) is 23.7 Å². The SMILES string of the molecule is C=CCNC(=O)C1CC1C(=O)N1CCCC1. The van der Waals surface area contributed by atoms with Gasteiger partial charge in [-0.15, -0.1) is 6.58 Å². The molecule has 0 aromatic carbocycles. The summed E-state index contributed by atoms with van der Waals surface area (Å²) >= 11 is 0. The summed E-state index contributed by atoms with van der Waals surface area (Å²) in [6.45, 7) is 5.77. The number of hydrogen-bond donors (Lipinski definition) is 1. The van der Waals surface area contributed by atoms with Gasteiger partial charge in [-0.2, -0.15) is 0 Å². The summed E-state index contributed by atoms with van der Waals surface area (Å²) in [5, 5.41) is 2.74. The van der Waals surface area contributed by atoms with Crippen molar-refractivity contribution >= 4 is 11.8 Å². The maximum atomic E-state index is 11.9. The van der Waals surface area contributed by atoms with E-state index in [0.29, 0.717) is 6.54 Å². The molecular formula is C12H18N2O2. The molecule has 1 N–H and O–H groups in total. The van der Waals surface area contributed by atoms with Crippen LogP contribution >= 0.6 is 0 Å². The largest absolute Gasteiger partial charge is 0.352 e. The van der Waals surface area contributed by atoms with Gasteiger partial charge in [0.2, 0.25) is 11.8 Å². The van der Waals surface area contributed by atoms with Gasteiger partial charge in [-0.3, -0.25) is 9.59 Å². The van der Waals surface area contributed by atoms with Crippen molar-refractivity contribution in [3.63, 3.8) is 0 Å². The minimum atomic E-state index is -0.0898. The Bertz CT molecular complexity index is 308. The molecule has 0 aromatic rings. The first-order valence-corrected chi connectivity index (χ1v) is 5.91. The highest BCUT2D eigenvalue weighted by Gasteiger charge is 2.49. The first kappa shape index (κ1) is 11.2. The van der Waals surface area contributed by atoms with Gasteiger partial charge in [0, 0.05) is 19.6 Å². The van der Waals surface area contributed by atoms with Gasteiger partial charge in [-0.1, -0.05) is 6.08 Å². The fourth-order valence-electron chi connectivity index (χ4n) is 2.23. The van der Waals surface area contributed by atoms with Crippen molar-refractivity contribution in [2.75, 3.05) is 19.6 Å². The number of carbonyl (C=O) groups excluding carboxylic acids is 2. The van der Waals surface area contributed by atoms with E-state index in [1.807, 2.05) is 4.90 Å². The van der Waals surface area contributed by atoms with Gasteiger partial charge in [0.1, 0.15) is 0 Å². The van der Waals surface area contributed by atoms with E-state index in [1.54, 1.807) is 6.08 Å². The second-order valence-electron chi connectivity index (χ2n) is 4.51. The number of likely N-dealkylation sites (tertiary alicyclic amines) is 1. The number of rotatable bonds is 4. The molecule has 16 heavy (non-hydrogen) atoms. The van der Waals surface area contributed by atoms with E-state index in [2.05, 4.69) is 11.9 Å². The molecule has 4 nitrogen and oxygen atoms in total. The summed E-state index contributed by atoms with van der Waals surface area (Å²) in [7, 11) is 0. The van der Waals surface area contributed by atoms with E-state index in [9.17, 15) is 9.59 Å². The van der Waals surface area contributed by atoms with Crippen LogP contribution in [0.3, 0.4) is 0 Å². The van der Waals surface area contributed by atoms with E-state index >= 15 is 0 Å². The number of carbonyl (C=O) groups is 2. The highest BCUT2D eigenvalue weighted by Crippen LogP contribution is 2.40. The standard InChI is InChI=1S/C12H18N2O2/c1-2-5-13-11(15)9-8-10(9)12(16)14-6-3-4-7-14/h2,9-10H,1,3-8H2,(H,13,15). The van der Waals surface area contributed by atoms with Gasteiger partial charge in [-0.25, -0.2) is 0 Å². The Morgan fingerprint density at radius 1 is 1.31 bits per heavy atom. The van der Waals surface area contributed by atoms with Crippen molar-refractivity contribution in [3.05, 3.63) is 12.7 Å². The van der Waals surface area contributed by atoms with Crippen LogP contribution in [0.5, 0.6) is 0 Å². The quantitative estimate of drug-likeness (QED) is 0.706. The molecule has 0 spiro atoms. The van der Waals surface area contributed by atoms with Crippen LogP contribution in [0.4, 0.5) is 0 Å². The zero-order valence-corrected chi connectivity index (χ0v) is 9.45. The van der Waals surface area contributed by atoms with Gasteiger partial charge >= 0.3 is 0 Å². The number of amides is 2. The Kier molecular flexibility index (Phi) is 3.27. The molecule has 0 radical (unpaired) electrons. The van der Waals surface area contributed by atoms with Gasteiger partial charge in [0.15, 0.2) is 0 Å². The van der Waals surface area contributed by atoms with Crippen LogP contribution in [0.15, 0.2) is 12.7 Å². The van der Waals surface area contributed by atoms with Crippen LogP contribution in [0.1, 0.15) is 19.3 Å². The molecule has 4 heteroatoms. The molecule has 1 aliphatic carbocycles. The minimum Gasteiger partial charge on any atom is -0.352 e. The molecule has 2 fully saturated rings. The molecule has 0 aromatic heterocycles. The summed E-state index contributed by atoms with van der Waals surface area (Å²) in [6.07, 6.45) is 4.58. The highest BCUT2D eigenvalue weighted by molar-refractivity contribution is 5.92. The molecule has 88 valence electrons. The number of hydrogen-bond acceptors (Lipinski definition) is 2. The number of nitrogens with one attached hydrogen (secondary N) is 1. The van der Waals surface area contributed by atoms with Crippen molar-refractivity contribution in [2.45, 2.75) is 19.3 Å². The van der Waals surface area contributed by atoms with Crippen LogP contribution in [-0.4, -0.2) is 36.3 Å². The Balaban J connectivity index is 1.79. The van der Waals surface area contributed by atoms with Gasteiger partial charge in [-0.05, 0) is 19.3 Å². The normalized spacial score (nSPS) is 27.6. The van der Waals surface area contributed by atoms with E-state index in [1.165, 1.54) is 0 Å². The summed E-state index contributed by atoms with van der Waals surface area (Å²) in [5.41, 5.74) is 0. The minimum absolute atomic E-state index is 0.00236. The third-order valence-corrected chi connectivity index (χ3v) is 3.28. The van der Waals surface area contributed by atoms with Crippen molar-refractivity contribution in [2.24, 2.45) is 11.8 Å². The second kappa shape index (κ2) is 4.68. The molecule has 0 bridgehead atoms. The van der Waals surface area contributed by atoms with Crippen LogP contribution in [0, 0.1) is 11.8 Å². The lowest BCUT2D eigenvalue weighted by atomic mass is 10.2. The molecule has 2 amide bonds. The third kappa shape index (κ3) is 2.26. The maximum Gasteiger partial charge on any atom is 0.226 e. The lowest BCUT2D eigenvalue weighted by molar-refractivity contribution is -0.133. The van der Waals surface area contributed by atoms with Gasteiger partial charge in [0.05, 0.1) is 11.8 Å². The fraction of sp³-hybridized carbons (Fsp3) is 0.667. The Morgan fingerprint density at radius 3 is 2.62 bits per heavy atom. The van der Waals surface area contributed by atoms with Crippen LogP contribution < -0.4 is 5.32 Å². The molecule has 2 unspecified atom stereocenters. The second-order valence-corrected chi connectivity index (χ2v) is 4.51. The zero-order valence-electron chi connectivity index (χ0n) is 9.45. The molecule has 1 saturated carbocycles. The summed E-state index contributed by atoms with van der Waals surface area (Å²) < 4.78 is 0. The molecule has 2 rings (SSSR count).